The van der Waals surface area contributed by atoms with Gasteiger partial charge in [0.25, 0.3) is 17.4 Å². The number of aliphatic hydroxyl groups is 2. The molecular formula is C33H36FN5O5. The third kappa shape index (κ3) is 7.36. The molecule has 0 bridgehead atoms. The molecule has 0 spiro atoms. The van der Waals surface area contributed by atoms with Crippen molar-refractivity contribution in [1.29, 1.82) is 0 Å². The van der Waals surface area contributed by atoms with Crippen molar-refractivity contribution in [2.24, 2.45) is 7.05 Å². The average Bonchev–Trinajstić information content (AvgIpc) is 3.00. The minimum Gasteiger partial charge on any atom is -0.395 e. The smallest absolute Gasteiger partial charge is 0.293 e. The Balaban J connectivity index is 1.56. The number of hydrogen-bond donors (Lipinski definition) is 4. The summed E-state index contributed by atoms with van der Waals surface area (Å²) in [6.07, 6.45) is 1.40. The molecule has 0 fully saturated rings. The van der Waals surface area contributed by atoms with E-state index in [1.807, 2.05) is 12.1 Å². The molecule has 2 amide bonds. The van der Waals surface area contributed by atoms with E-state index in [1.165, 1.54) is 34.8 Å². The van der Waals surface area contributed by atoms with Gasteiger partial charge in [0, 0.05) is 48.7 Å². The van der Waals surface area contributed by atoms with Gasteiger partial charge in [-0.15, -0.1) is 0 Å². The Morgan fingerprint density at radius 3 is 2.14 bits per heavy atom. The number of aryl methyl sites for hydroxylation is 1. The zero-order valence-corrected chi connectivity index (χ0v) is 25.1. The Labute approximate surface area is 254 Å². The fourth-order valence-corrected chi connectivity index (χ4v) is 4.53. The number of amides is 2. The van der Waals surface area contributed by atoms with E-state index < -0.39 is 17.3 Å². The molecule has 3 aromatic carbocycles. The second-order valence-corrected chi connectivity index (χ2v) is 11.3. The molecule has 0 atom stereocenters. The largest absolute Gasteiger partial charge is 0.395 e. The summed E-state index contributed by atoms with van der Waals surface area (Å²) in [6.45, 7) is 5.91. The van der Waals surface area contributed by atoms with Crippen molar-refractivity contribution in [3.8, 4) is 11.3 Å². The molecule has 4 rings (SSSR count). The number of hydrogen-bond acceptors (Lipinski definition) is 7. The Morgan fingerprint density at radius 1 is 0.932 bits per heavy atom. The zero-order chi connectivity index (χ0) is 32.0. The lowest BCUT2D eigenvalue weighted by Crippen LogP contribution is -2.35. The van der Waals surface area contributed by atoms with Crippen LogP contribution in [-0.4, -0.2) is 62.8 Å². The molecule has 0 aliphatic rings. The second-order valence-electron chi connectivity index (χ2n) is 11.3. The quantitative estimate of drug-likeness (QED) is 0.213. The normalized spacial score (nSPS) is 11.2. The summed E-state index contributed by atoms with van der Waals surface area (Å²) in [4.78, 5) is 44.2. The summed E-state index contributed by atoms with van der Waals surface area (Å²) < 4.78 is 17.0. The number of aliphatic hydroxyl groups excluding tert-OH is 2. The van der Waals surface area contributed by atoms with Crippen molar-refractivity contribution in [2.45, 2.75) is 26.2 Å². The lowest BCUT2D eigenvalue weighted by Gasteiger charge is -2.20. The number of carbonyl (C=O) groups excluding carboxylic acids is 2. The van der Waals surface area contributed by atoms with Crippen molar-refractivity contribution >= 4 is 29.0 Å². The standard InChI is InChI=1S/C33H36FN5O5/c1-33(2,3)23-12-8-21(9-13-23)30(42)37-26-7-5-6-25(28(26)34)27-20-38(4)32(44)29(36-27)35-24-14-10-22(11-15-24)31(43)39(16-18-40)17-19-41/h5-15,20,40-41H,16-19H2,1-4H3,(H,35,36)(H,37,42). The average molecular weight is 602 g/mol. The minimum absolute atomic E-state index is 0.0331. The third-order valence-electron chi connectivity index (χ3n) is 7.03. The van der Waals surface area contributed by atoms with Crippen LogP contribution in [0, 0.1) is 5.82 Å². The van der Waals surface area contributed by atoms with Gasteiger partial charge in [0.05, 0.1) is 24.6 Å². The number of nitrogens with zero attached hydrogens (tertiary/aromatic N) is 3. The summed E-state index contributed by atoms with van der Waals surface area (Å²) in [5.74, 6) is -1.60. The van der Waals surface area contributed by atoms with Crippen molar-refractivity contribution in [1.82, 2.24) is 14.5 Å². The van der Waals surface area contributed by atoms with Crippen LogP contribution >= 0.6 is 0 Å². The first kappa shape index (κ1) is 32.1. The number of rotatable bonds is 10. The summed E-state index contributed by atoms with van der Waals surface area (Å²) in [7, 11) is 1.52. The fourth-order valence-electron chi connectivity index (χ4n) is 4.53. The topological polar surface area (TPSA) is 137 Å². The molecular weight excluding hydrogens is 565 g/mol. The van der Waals surface area contributed by atoms with Gasteiger partial charge >= 0.3 is 0 Å². The van der Waals surface area contributed by atoms with Gasteiger partial charge in [-0.2, -0.15) is 0 Å². The lowest BCUT2D eigenvalue weighted by atomic mass is 9.87. The minimum atomic E-state index is -0.706. The number of anilines is 3. The van der Waals surface area contributed by atoms with Crippen LogP contribution in [-0.2, 0) is 12.5 Å². The number of benzene rings is 3. The summed E-state index contributed by atoms with van der Waals surface area (Å²) in [5, 5.41) is 24.0. The van der Waals surface area contributed by atoms with Crippen LogP contribution in [0.3, 0.4) is 0 Å². The molecule has 0 radical (unpaired) electrons. The molecule has 0 unspecified atom stereocenters. The molecule has 4 aromatic rings. The van der Waals surface area contributed by atoms with Gasteiger partial charge in [0.15, 0.2) is 11.6 Å². The zero-order valence-electron chi connectivity index (χ0n) is 25.1. The van der Waals surface area contributed by atoms with Gasteiger partial charge in [0.1, 0.15) is 0 Å². The monoisotopic (exact) mass is 601 g/mol. The highest BCUT2D eigenvalue weighted by Gasteiger charge is 2.19. The number of nitrogens with one attached hydrogen (secondary N) is 2. The third-order valence-corrected chi connectivity index (χ3v) is 7.03. The highest BCUT2D eigenvalue weighted by Crippen LogP contribution is 2.28. The van der Waals surface area contributed by atoms with E-state index in [4.69, 9.17) is 0 Å². The second kappa shape index (κ2) is 13.6. The highest BCUT2D eigenvalue weighted by atomic mass is 19.1. The van der Waals surface area contributed by atoms with Crippen molar-refractivity contribution in [2.75, 3.05) is 36.9 Å². The first-order valence-corrected chi connectivity index (χ1v) is 14.1. The number of aromatic nitrogens is 2. The van der Waals surface area contributed by atoms with E-state index in [1.54, 1.807) is 42.5 Å². The van der Waals surface area contributed by atoms with Crippen LogP contribution < -0.4 is 16.2 Å². The summed E-state index contributed by atoms with van der Waals surface area (Å²) in [6, 6.07) is 18.0. The summed E-state index contributed by atoms with van der Waals surface area (Å²) in [5.41, 5.74) is 1.92. The van der Waals surface area contributed by atoms with Crippen LogP contribution in [0.25, 0.3) is 11.3 Å². The van der Waals surface area contributed by atoms with Gasteiger partial charge in [-0.05, 0) is 59.5 Å². The van der Waals surface area contributed by atoms with Crippen LogP contribution in [0.15, 0.2) is 77.7 Å². The molecule has 0 saturated carbocycles. The van der Waals surface area contributed by atoms with E-state index in [0.717, 1.165) is 5.56 Å². The van der Waals surface area contributed by atoms with E-state index in [0.29, 0.717) is 16.8 Å². The van der Waals surface area contributed by atoms with Gasteiger partial charge < -0.3 is 30.3 Å². The molecule has 230 valence electrons. The Morgan fingerprint density at radius 2 is 1.55 bits per heavy atom. The number of carbonyl (C=O) groups is 2. The predicted molar refractivity (Wildman–Crippen MR) is 168 cm³/mol. The van der Waals surface area contributed by atoms with E-state index >= 15 is 4.39 Å². The van der Waals surface area contributed by atoms with Crippen molar-refractivity contribution in [3.05, 3.63) is 106 Å². The van der Waals surface area contributed by atoms with E-state index in [-0.39, 0.29) is 60.4 Å². The number of halogens is 1. The van der Waals surface area contributed by atoms with Gasteiger partial charge in [-0.3, -0.25) is 14.4 Å². The fraction of sp³-hybridized carbons (Fsp3) is 0.273. The Kier molecular flexibility index (Phi) is 9.92. The molecule has 0 aliphatic carbocycles. The molecule has 44 heavy (non-hydrogen) atoms. The first-order valence-electron chi connectivity index (χ1n) is 14.1. The highest BCUT2D eigenvalue weighted by molar-refractivity contribution is 6.04. The molecule has 0 saturated heterocycles. The predicted octanol–water partition coefficient (Wildman–Crippen LogP) is 4.31. The maximum absolute atomic E-state index is 15.7. The van der Waals surface area contributed by atoms with Crippen LogP contribution in [0.2, 0.25) is 0 Å². The summed E-state index contributed by atoms with van der Waals surface area (Å²) >= 11 is 0. The van der Waals surface area contributed by atoms with E-state index in [2.05, 4.69) is 36.4 Å². The van der Waals surface area contributed by atoms with Crippen LogP contribution in [0.5, 0.6) is 0 Å². The Bertz CT molecular complexity index is 1690. The van der Waals surface area contributed by atoms with Gasteiger partial charge in [-0.25, -0.2) is 9.37 Å². The molecule has 0 aliphatic heterocycles. The SMILES string of the molecule is Cn1cc(-c2cccc(NC(=O)c3ccc(C(C)(C)C)cc3)c2F)nc(Nc2ccc(C(=O)N(CCO)CCO)cc2)c1=O. The maximum atomic E-state index is 15.7. The first-order chi connectivity index (χ1) is 20.9. The lowest BCUT2D eigenvalue weighted by molar-refractivity contribution is 0.0684. The van der Waals surface area contributed by atoms with Crippen molar-refractivity contribution in [3.63, 3.8) is 0 Å². The van der Waals surface area contributed by atoms with Crippen molar-refractivity contribution < 1.29 is 24.2 Å². The van der Waals surface area contributed by atoms with Crippen LogP contribution in [0.4, 0.5) is 21.6 Å². The van der Waals surface area contributed by atoms with Crippen LogP contribution in [0.1, 0.15) is 47.1 Å². The molecule has 1 heterocycles. The van der Waals surface area contributed by atoms with Gasteiger partial charge in [-0.1, -0.05) is 39.0 Å². The molecule has 10 nitrogen and oxygen atoms in total. The molecule has 1 aromatic heterocycles. The van der Waals surface area contributed by atoms with Gasteiger partial charge in [0.2, 0.25) is 0 Å². The maximum Gasteiger partial charge on any atom is 0.293 e. The molecule has 4 N–H and O–H groups in total. The Hall–Kier alpha value is -4.87. The van der Waals surface area contributed by atoms with E-state index in [9.17, 15) is 24.6 Å². The molecule has 11 heteroatoms.